The molecule has 2 bridgehead atoms. The van der Waals surface area contributed by atoms with Crippen molar-refractivity contribution in [2.24, 2.45) is 29.1 Å². The van der Waals surface area contributed by atoms with Gasteiger partial charge in [0.2, 0.25) is 0 Å². The van der Waals surface area contributed by atoms with Crippen LogP contribution in [0.2, 0.25) is 0 Å². The Morgan fingerprint density at radius 3 is 1.97 bits per heavy atom. The molecule has 6 unspecified atom stereocenters. The highest BCUT2D eigenvalue weighted by molar-refractivity contribution is 6.10. The Kier molecular flexibility index (Phi) is 9.28. The molecule has 2 spiro atoms. The Morgan fingerprint density at radius 1 is 0.434 bits per heavy atom. The number of benzene rings is 10. The highest BCUT2D eigenvalue weighted by Gasteiger charge is 2.84. The minimum atomic E-state index is 0.126. The van der Waals surface area contributed by atoms with Gasteiger partial charge in [-0.25, -0.2) is 0 Å². The highest BCUT2D eigenvalue weighted by atomic mass is 15.1. The van der Waals surface area contributed by atoms with Crippen LogP contribution >= 0.6 is 0 Å². The van der Waals surface area contributed by atoms with Crippen molar-refractivity contribution in [1.29, 1.82) is 0 Å². The number of para-hydroxylation sites is 4. The maximum Gasteiger partial charge on any atom is 0.0547 e. The summed E-state index contributed by atoms with van der Waals surface area (Å²) in [7, 11) is 0. The fourth-order valence-corrected chi connectivity index (χ4v) is 17.9. The standard InChI is InChI=1S/C74H60N2/c1-3-18-48(19-4-1)57-30-16-20-49-21-17-31-63(72(49)57)61-29-10-14-35-68(61)76(55-25-15-22-50(42-55)51-36-39-62-60-28-9-13-34-67(60)75(69(62)44-51)54-23-5-2-6-24-54)66-33-12-8-26-56(66)52-37-38-59-58-27-7-11-32-64(58)74(65(59)43-52)70-41-47-40-53-45-71(74)73(53,70)46-47/h2,5-17,20-39,42-44,47-48,53,70-71H,1,3-4,18-19,40-41,45-46H2. The van der Waals surface area contributed by atoms with Gasteiger partial charge >= 0.3 is 0 Å². The van der Waals surface area contributed by atoms with Crippen LogP contribution in [0.25, 0.3) is 82.8 Å². The van der Waals surface area contributed by atoms with Crippen molar-refractivity contribution >= 4 is 49.6 Å². The Balaban J connectivity index is 0.871. The lowest BCUT2D eigenvalue weighted by Crippen LogP contribution is -2.73. The van der Waals surface area contributed by atoms with Gasteiger partial charge in [-0.1, -0.05) is 189 Å². The molecule has 366 valence electrons. The van der Waals surface area contributed by atoms with E-state index >= 15 is 0 Å². The molecule has 6 aliphatic rings. The van der Waals surface area contributed by atoms with Gasteiger partial charge in [0.25, 0.3) is 0 Å². The molecule has 0 radical (unpaired) electrons. The maximum atomic E-state index is 2.68. The number of hydrogen-bond donors (Lipinski definition) is 0. The maximum absolute atomic E-state index is 2.68. The van der Waals surface area contributed by atoms with Crippen LogP contribution in [0.4, 0.5) is 17.1 Å². The molecule has 6 aliphatic carbocycles. The number of hydrogen-bond acceptors (Lipinski definition) is 1. The van der Waals surface area contributed by atoms with Crippen LogP contribution in [0, 0.1) is 29.1 Å². The summed E-state index contributed by atoms with van der Waals surface area (Å²) in [4.78, 5) is 2.61. The van der Waals surface area contributed by atoms with Crippen molar-refractivity contribution in [3.8, 4) is 50.2 Å². The van der Waals surface area contributed by atoms with E-state index in [-0.39, 0.29) is 5.41 Å². The van der Waals surface area contributed by atoms with E-state index < -0.39 is 0 Å². The van der Waals surface area contributed by atoms with Crippen molar-refractivity contribution in [2.75, 3.05) is 4.90 Å². The average Bonchev–Trinajstić information content (AvgIpc) is 3.41. The molecule has 2 nitrogen and oxygen atoms in total. The number of fused-ring (bicyclic) bond motifs is 12. The van der Waals surface area contributed by atoms with Crippen molar-refractivity contribution in [3.05, 3.63) is 241 Å². The van der Waals surface area contributed by atoms with E-state index in [9.17, 15) is 0 Å². The van der Waals surface area contributed by atoms with Gasteiger partial charge in [0.05, 0.1) is 22.4 Å². The highest BCUT2D eigenvalue weighted by Crippen LogP contribution is 2.89. The van der Waals surface area contributed by atoms with Crippen molar-refractivity contribution < 1.29 is 0 Å². The summed E-state index contributed by atoms with van der Waals surface area (Å²) in [6.07, 6.45) is 12.2. The number of nitrogens with zero attached hydrogens (tertiary/aromatic N) is 2. The zero-order chi connectivity index (χ0) is 49.7. The Labute approximate surface area is 446 Å². The summed E-state index contributed by atoms with van der Waals surface area (Å²) in [6, 6.07) is 86.1. The van der Waals surface area contributed by atoms with Crippen LogP contribution < -0.4 is 4.90 Å². The number of aromatic nitrogens is 1. The molecule has 5 fully saturated rings. The van der Waals surface area contributed by atoms with Gasteiger partial charge in [0.1, 0.15) is 0 Å². The molecule has 0 N–H and O–H groups in total. The quantitative estimate of drug-likeness (QED) is 0.147. The van der Waals surface area contributed by atoms with Gasteiger partial charge < -0.3 is 9.47 Å². The number of rotatable bonds is 8. The lowest BCUT2D eigenvalue weighted by molar-refractivity contribution is -0.231. The molecule has 17 rings (SSSR count). The molecule has 2 heteroatoms. The van der Waals surface area contributed by atoms with Gasteiger partial charge in [-0.3, -0.25) is 0 Å². The van der Waals surface area contributed by atoms with Crippen molar-refractivity contribution in [2.45, 2.75) is 69.1 Å². The van der Waals surface area contributed by atoms with Crippen LogP contribution in [0.3, 0.4) is 0 Å². The molecule has 6 atom stereocenters. The van der Waals surface area contributed by atoms with Gasteiger partial charge in [-0.2, -0.15) is 0 Å². The van der Waals surface area contributed by atoms with Crippen LogP contribution in [-0.2, 0) is 5.41 Å². The SMILES string of the molecule is c1ccc(-n2c3ccccc3c3ccc(-c4cccc(N(c5ccccc5-c5ccc6c(c5)C5(c7ccccc7-6)C6CC7CC8CC5C86C7)c5ccccc5-c5cccc6cccc(C7CCCCC7)c56)c4)cc32)cc1. The fraction of sp³-hybridized carbons (Fsp3) is 0.216. The van der Waals surface area contributed by atoms with E-state index in [1.165, 1.54) is 157 Å². The van der Waals surface area contributed by atoms with E-state index in [2.05, 4.69) is 234 Å². The monoisotopic (exact) mass is 976 g/mol. The third-order valence-corrected chi connectivity index (χ3v) is 20.6. The second-order valence-corrected chi connectivity index (χ2v) is 23.8. The zero-order valence-electron chi connectivity index (χ0n) is 43.0. The van der Waals surface area contributed by atoms with E-state index in [1.54, 1.807) is 11.1 Å². The van der Waals surface area contributed by atoms with E-state index in [4.69, 9.17) is 0 Å². The van der Waals surface area contributed by atoms with Crippen molar-refractivity contribution in [1.82, 2.24) is 4.57 Å². The molecule has 0 aliphatic heterocycles. The molecule has 11 aromatic rings. The lowest BCUT2D eigenvalue weighted by Gasteiger charge is -2.76. The topological polar surface area (TPSA) is 8.17 Å². The van der Waals surface area contributed by atoms with Gasteiger partial charge in [0.15, 0.2) is 0 Å². The summed E-state index contributed by atoms with van der Waals surface area (Å²) >= 11 is 0. The van der Waals surface area contributed by atoms with Gasteiger partial charge in [0, 0.05) is 38.7 Å². The van der Waals surface area contributed by atoms with E-state index in [0.717, 1.165) is 29.4 Å². The zero-order valence-corrected chi connectivity index (χ0v) is 43.0. The first-order valence-corrected chi connectivity index (χ1v) is 28.6. The first-order chi connectivity index (χ1) is 37.7. The molecular formula is C74H60N2. The van der Waals surface area contributed by atoms with Gasteiger partial charge in [-0.15, -0.1) is 0 Å². The molecule has 1 heterocycles. The normalized spacial score (nSPS) is 23.6. The summed E-state index contributed by atoms with van der Waals surface area (Å²) in [5.41, 5.74) is 23.1. The first kappa shape index (κ1) is 43.3. The molecule has 0 saturated heterocycles. The molecular weight excluding hydrogens is 917 g/mol. The second kappa shape index (κ2) is 16.3. The predicted octanol–water partition coefficient (Wildman–Crippen LogP) is 19.8. The minimum Gasteiger partial charge on any atom is -0.309 e. The van der Waals surface area contributed by atoms with Crippen molar-refractivity contribution in [3.63, 3.8) is 0 Å². The molecule has 5 saturated carbocycles. The van der Waals surface area contributed by atoms with Crippen LogP contribution in [0.15, 0.2) is 224 Å². The average molecular weight is 977 g/mol. The van der Waals surface area contributed by atoms with Crippen LogP contribution in [0.1, 0.15) is 80.4 Å². The summed E-state index contributed by atoms with van der Waals surface area (Å²) in [6.45, 7) is 0. The van der Waals surface area contributed by atoms with Crippen LogP contribution in [0.5, 0.6) is 0 Å². The molecule has 0 amide bonds. The van der Waals surface area contributed by atoms with Crippen LogP contribution in [-0.4, -0.2) is 4.57 Å². The Hall–Kier alpha value is -7.94. The molecule has 1 aromatic heterocycles. The first-order valence-electron chi connectivity index (χ1n) is 28.6. The van der Waals surface area contributed by atoms with E-state index in [0.29, 0.717) is 11.3 Å². The minimum absolute atomic E-state index is 0.126. The molecule has 76 heavy (non-hydrogen) atoms. The third-order valence-electron chi connectivity index (χ3n) is 20.6. The Bertz CT molecular complexity index is 4170. The lowest BCUT2D eigenvalue weighted by atomic mass is 9.27. The Morgan fingerprint density at radius 2 is 1.11 bits per heavy atom. The summed E-state index contributed by atoms with van der Waals surface area (Å²) in [5, 5.41) is 5.27. The second-order valence-electron chi connectivity index (χ2n) is 23.8. The third kappa shape index (κ3) is 5.83. The predicted molar refractivity (Wildman–Crippen MR) is 316 cm³/mol. The largest absolute Gasteiger partial charge is 0.309 e. The smallest absolute Gasteiger partial charge is 0.0547 e. The van der Waals surface area contributed by atoms with Gasteiger partial charge in [-0.05, 0) is 189 Å². The molecule has 10 aromatic carbocycles. The number of anilines is 3. The summed E-state index contributed by atoms with van der Waals surface area (Å²) in [5.74, 6) is 3.96. The fourth-order valence-electron chi connectivity index (χ4n) is 17.9. The summed E-state index contributed by atoms with van der Waals surface area (Å²) < 4.78 is 2.44. The van der Waals surface area contributed by atoms with E-state index in [1.807, 2.05) is 0 Å².